The quantitative estimate of drug-likeness (QED) is 0.466. The molecule has 54 valence electrons. The van der Waals surface area contributed by atoms with E-state index in [0.29, 0.717) is 17.9 Å². The van der Waals surface area contributed by atoms with Crippen molar-refractivity contribution in [2.45, 2.75) is 25.4 Å². The van der Waals surface area contributed by atoms with Crippen molar-refractivity contribution in [2.24, 2.45) is 17.8 Å². The molecule has 0 unspecified atom stereocenters. The molecule has 3 rings (SSSR count). The molecular weight excluding hydrogens is 128 g/mol. The van der Waals surface area contributed by atoms with Crippen LogP contribution in [0.1, 0.15) is 19.3 Å². The van der Waals surface area contributed by atoms with E-state index in [4.69, 9.17) is 4.74 Å². The zero-order valence-electron chi connectivity index (χ0n) is 5.75. The van der Waals surface area contributed by atoms with Gasteiger partial charge in [0.1, 0.15) is 6.10 Å². The van der Waals surface area contributed by atoms with Gasteiger partial charge in [-0.1, -0.05) is 0 Å². The minimum atomic E-state index is 0.0926. The lowest BCUT2D eigenvalue weighted by Gasteiger charge is -2.11. The molecule has 0 aromatic carbocycles. The van der Waals surface area contributed by atoms with E-state index in [1.807, 2.05) is 0 Å². The number of hydrogen-bond acceptors (Lipinski definition) is 2. The second-order valence-electron chi connectivity index (χ2n) is 3.82. The van der Waals surface area contributed by atoms with Gasteiger partial charge in [-0.25, -0.2) is 0 Å². The Bertz CT molecular complexity index is 197. The predicted molar refractivity (Wildman–Crippen MR) is 34.2 cm³/mol. The molecule has 2 nitrogen and oxygen atoms in total. The molecule has 10 heavy (non-hydrogen) atoms. The lowest BCUT2D eigenvalue weighted by molar-refractivity contribution is -0.143. The Labute approximate surface area is 59.6 Å². The van der Waals surface area contributed by atoms with E-state index in [9.17, 15) is 4.79 Å². The van der Waals surface area contributed by atoms with Crippen LogP contribution in [0, 0.1) is 17.8 Å². The SMILES string of the molecule is O=C1O[C@@H]2C[C@@H]3C[C@@H]2[C@@H]1C3. The van der Waals surface area contributed by atoms with E-state index in [0.717, 1.165) is 18.8 Å². The molecule has 0 N–H and O–H groups in total. The molecule has 1 heterocycles. The third-order valence-corrected chi connectivity index (χ3v) is 3.32. The van der Waals surface area contributed by atoms with E-state index < -0.39 is 0 Å². The van der Waals surface area contributed by atoms with Crippen LogP contribution in [-0.2, 0) is 9.53 Å². The van der Waals surface area contributed by atoms with Gasteiger partial charge in [-0.3, -0.25) is 4.79 Å². The van der Waals surface area contributed by atoms with E-state index in [-0.39, 0.29) is 5.97 Å². The third-order valence-electron chi connectivity index (χ3n) is 3.32. The average molecular weight is 138 g/mol. The lowest BCUT2D eigenvalue weighted by atomic mass is 9.90. The van der Waals surface area contributed by atoms with Crippen molar-refractivity contribution >= 4 is 5.97 Å². The number of esters is 1. The van der Waals surface area contributed by atoms with Crippen molar-refractivity contribution in [1.82, 2.24) is 0 Å². The maximum absolute atomic E-state index is 11.1. The lowest BCUT2D eigenvalue weighted by Crippen LogP contribution is -2.15. The van der Waals surface area contributed by atoms with Gasteiger partial charge in [-0.05, 0) is 25.2 Å². The van der Waals surface area contributed by atoms with Crippen LogP contribution < -0.4 is 0 Å². The summed E-state index contributed by atoms with van der Waals surface area (Å²) in [5.41, 5.74) is 0. The van der Waals surface area contributed by atoms with E-state index in [1.54, 1.807) is 0 Å². The monoisotopic (exact) mass is 138 g/mol. The molecule has 2 aliphatic carbocycles. The highest BCUT2D eigenvalue weighted by molar-refractivity contribution is 5.76. The summed E-state index contributed by atoms with van der Waals surface area (Å²) in [6.07, 6.45) is 3.88. The van der Waals surface area contributed by atoms with Crippen LogP contribution in [0.15, 0.2) is 0 Å². The molecule has 1 saturated heterocycles. The second kappa shape index (κ2) is 1.39. The number of carbonyl (C=O) groups excluding carboxylic acids is 1. The Morgan fingerprint density at radius 1 is 1.30 bits per heavy atom. The Hall–Kier alpha value is -0.530. The van der Waals surface area contributed by atoms with Crippen LogP contribution in [0.2, 0.25) is 0 Å². The van der Waals surface area contributed by atoms with Crippen LogP contribution in [0.25, 0.3) is 0 Å². The summed E-state index contributed by atoms with van der Waals surface area (Å²) < 4.78 is 5.20. The maximum Gasteiger partial charge on any atom is 0.309 e. The fraction of sp³-hybridized carbons (Fsp3) is 0.875. The molecule has 3 fully saturated rings. The van der Waals surface area contributed by atoms with Gasteiger partial charge in [-0.2, -0.15) is 0 Å². The van der Waals surface area contributed by atoms with E-state index in [2.05, 4.69) is 0 Å². The highest BCUT2D eigenvalue weighted by Gasteiger charge is 2.56. The smallest absolute Gasteiger partial charge is 0.309 e. The molecule has 0 amide bonds. The first kappa shape index (κ1) is 5.16. The topological polar surface area (TPSA) is 26.3 Å². The molecule has 1 aliphatic heterocycles. The van der Waals surface area contributed by atoms with Crippen LogP contribution >= 0.6 is 0 Å². The first-order chi connectivity index (χ1) is 4.84. The van der Waals surface area contributed by atoms with Crippen LogP contribution in [0.3, 0.4) is 0 Å². The molecule has 0 spiro atoms. The number of carbonyl (C=O) groups is 1. The van der Waals surface area contributed by atoms with E-state index >= 15 is 0 Å². The first-order valence-corrected chi connectivity index (χ1v) is 4.05. The zero-order chi connectivity index (χ0) is 6.72. The van der Waals surface area contributed by atoms with Crippen molar-refractivity contribution in [3.8, 4) is 0 Å². The third kappa shape index (κ3) is 0.414. The minimum Gasteiger partial charge on any atom is -0.462 e. The van der Waals surface area contributed by atoms with Gasteiger partial charge in [0, 0.05) is 5.92 Å². The Morgan fingerprint density at radius 2 is 2.20 bits per heavy atom. The summed E-state index contributed by atoms with van der Waals surface area (Å²) in [5, 5.41) is 0. The Balaban J connectivity index is 2.05. The van der Waals surface area contributed by atoms with Gasteiger partial charge in [0.2, 0.25) is 0 Å². The molecule has 0 aromatic heterocycles. The molecule has 2 saturated carbocycles. The van der Waals surface area contributed by atoms with Gasteiger partial charge >= 0.3 is 5.97 Å². The molecule has 0 aromatic rings. The molecular formula is C8H10O2. The Kier molecular flexibility index (Phi) is 0.715. The van der Waals surface area contributed by atoms with Gasteiger partial charge in [0.15, 0.2) is 0 Å². The standard InChI is InChI=1S/C8H10O2/c9-8-6-2-4-1-5(6)7(3-4)10-8/h4-7H,1-3H2/t4-,5-,6+,7-/m1/s1. The minimum absolute atomic E-state index is 0.0926. The van der Waals surface area contributed by atoms with Crippen molar-refractivity contribution < 1.29 is 9.53 Å². The first-order valence-electron chi connectivity index (χ1n) is 4.05. The number of rotatable bonds is 0. The molecule has 2 bridgehead atoms. The van der Waals surface area contributed by atoms with Crippen LogP contribution in [0.4, 0.5) is 0 Å². The number of hydrogen-bond donors (Lipinski definition) is 0. The summed E-state index contributed by atoms with van der Waals surface area (Å²) in [7, 11) is 0. The average Bonchev–Trinajstić information content (AvgIpc) is 2.44. The second-order valence-corrected chi connectivity index (χ2v) is 3.82. The fourth-order valence-corrected chi connectivity index (χ4v) is 2.93. The van der Waals surface area contributed by atoms with Crippen LogP contribution in [-0.4, -0.2) is 12.1 Å². The summed E-state index contributed by atoms with van der Waals surface area (Å²) >= 11 is 0. The summed E-state index contributed by atoms with van der Waals surface area (Å²) in [5.74, 6) is 1.85. The number of fused-ring (bicyclic) bond motifs is 1. The predicted octanol–water partition coefficient (Wildman–Crippen LogP) is 0.958. The van der Waals surface area contributed by atoms with Crippen molar-refractivity contribution in [3.05, 3.63) is 0 Å². The van der Waals surface area contributed by atoms with Crippen molar-refractivity contribution in [3.63, 3.8) is 0 Å². The normalized spacial score (nSPS) is 55.8. The summed E-state index contributed by atoms with van der Waals surface area (Å²) in [6, 6.07) is 0. The molecule has 2 heteroatoms. The molecule has 3 aliphatic rings. The van der Waals surface area contributed by atoms with Gasteiger partial charge < -0.3 is 4.74 Å². The summed E-state index contributed by atoms with van der Waals surface area (Å²) in [6.45, 7) is 0. The highest BCUT2D eigenvalue weighted by atomic mass is 16.6. The molecule has 0 radical (unpaired) electrons. The Morgan fingerprint density at radius 3 is 2.80 bits per heavy atom. The molecule has 4 atom stereocenters. The van der Waals surface area contributed by atoms with Crippen LogP contribution in [0.5, 0.6) is 0 Å². The van der Waals surface area contributed by atoms with E-state index in [1.165, 1.54) is 6.42 Å². The highest BCUT2D eigenvalue weighted by Crippen LogP contribution is 2.54. The van der Waals surface area contributed by atoms with Crippen molar-refractivity contribution in [2.75, 3.05) is 0 Å². The fourth-order valence-electron chi connectivity index (χ4n) is 2.93. The van der Waals surface area contributed by atoms with Crippen molar-refractivity contribution in [1.29, 1.82) is 0 Å². The maximum atomic E-state index is 11.1. The largest absolute Gasteiger partial charge is 0.462 e. The summed E-state index contributed by atoms with van der Waals surface area (Å²) in [4.78, 5) is 11.1. The van der Waals surface area contributed by atoms with Gasteiger partial charge in [0.25, 0.3) is 0 Å². The zero-order valence-corrected chi connectivity index (χ0v) is 5.75. The van der Waals surface area contributed by atoms with Gasteiger partial charge in [-0.15, -0.1) is 0 Å². The van der Waals surface area contributed by atoms with Gasteiger partial charge in [0.05, 0.1) is 5.92 Å². The number of ether oxygens (including phenoxy) is 1.